The summed E-state index contributed by atoms with van der Waals surface area (Å²) in [7, 11) is 0. The fourth-order valence-electron chi connectivity index (χ4n) is 4.11. The molecule has 3 rings (SSSR count). The number of nitrogens with zero attached hydrogens (tertiary/aromatic N) is 3. The number of aliphatic hydroxyl groups excluding tert-OH is 1. The maximum atomic E-state index is 12.1. The first-order chi connectivity index (χ1) is 13.6. The monoisotopic (exact) mass is 382 g/mol. The number of aliphatic hydroxyl groups is 1. The number of benzene rings is 1. The molecule has 3 unspecified atom stereocenters. The van der Waals surface area contributed by atoms with Gasteiger partial charge in [-0.25, -0.2) is 4.79 Å². The second kappa shape index (κ2) is 9.45. The van der Waals surface area contributed by atoms with Crippen molar-refractivity contribution < 1.29 is 14.6 Å². The highest BCUT2D eigenvalue weighted by Gasteiger charge is 2.36. The molecule has 0 radical (unpaired) electrons. The highest BCUT2D eigenvalue weighted by molar-refractivity contribution is 5.74. The molecule has 0 spiro atoms. The fourth-order valence-corrected chi connectivity index (χ4v) is 4.11. The van der Waals surface area contributed by atoms with Crippen LogP contribution in [0.4, 0.5) is 4.79 Å². The molecule has 148 valence electrons. The summed E-state index contributed by atoms with van der Waals surface area (Å²) in [5.41, 5.74) is 0.578. The maximum Gasteiger partial charge on any atom is 0.318 e. The third-order valence-corrected chi connectivity index (χ3v) is 5.18. The number of likely N-dealkylation sites (tertiary alicyclic amines) is 2. The van der Waals surface area contributed by atoms with E-state index in [9.17, 15) is 9.90 Å². The van der Waals surface area contributed by atoms with E-state index in [0.29, 0.717) is 29.7 Å². The molecule has 2 fully saturated rings. The lowest BCUT2D eigenvalue weighted by Gasteiger charge is -2.46. The largest absolute Gasteiger partial charge is 0.491 e. The van der Waals surface area contributed by atoms with Crippen LogP contribution in [0.15, 0.2) is 24.3 Å². The Kier molecular flexibility index (Phi) is 6.76. The van der Waals surface area contributed by atoms with Gasteiger partial charge < -0.3 is 20.1 Å². The second-order valence-corrected chi connectivity index (χ2v) is 7.56. The smallest absolute Gasteiger partial charge is 0.318 e. The lowest BCUT2D eigenvalue weighted by Crippen LogP contribution is -2.57. The van der Waals surface area contributed by atoms with Crippen molar-refractivity contribution in [1.29, 1.82) is 5.26 Å². The molecule has 7 nitrogen and oxygen atoms in total. The molecule has 0 saturated carbocycles. The third kappa shape index (κ3) is 5.39. The third-order valence-electron chi connectivity index (χ3n) is 5.18. The van der Waals surface area contributed by atoms with Gasteiger partial charge in [-0.3, -0.25) is 4.90 Å². The first kappa shape index (κ1) is 20.0. The van der Waals surface area contributed by atoms with Gasteiger partial charge in [0.05, 0.1) is 18.2 Å². The van der Waals surface area contributed by atoms with Crippen molar-refractivity contribution in [3.05, 3.63) is 29.8 Å². The standard InChI is InChI=1S/C21H26N4O3/c1-2-7-23-21(27)25-12-17-8-18(13-25)11-24(10-17)14-19(26)15-28-20-5-3-16(9-22)4-6-20/h1,3-6,17-19,26H,7-8,10-15H2,(H,23,27). The molecule has 2 bridgehead atoms. The van der Waals surface area contributed by atoms with Crippen molar-refractivity contribution in [2.75, 3.05) is 45.9 Å². The summed E-state index contributed by atoms with van der Waals surface area (Å²) in [5.74, 6) is 3.89. The number of fused-ring (bicyclic) bond motifs is 2. The van der Waals surface area contributed by atoms with Crippen molar-refractivity contribution in [3.8, 4) is 24.2 Å². The van der Waals surface area contributed by atoms with Gasteiger partial charge in [0, 0.05) is 32.7 Å². The quantitative estimate of drug-likeness (QED) is 0.714. The molecule has 2 aliphatic rings. The lowest BCUT2D eigenvalue weighted by atomic mass is 9.84. The molecule has 28 heavy (non-hydrogen) atoms. The SMILES string of the molecule is C#CCNC(=O)N1CC2CC(CN(CC(O)COc3ccc(C#N)cc3)C2)C1. The van der Waals surface area contributed by atoms with Crippen molar-refractivity contribution in [2.24, 2.45) is 11.8 Å². The number of rotatable bonds is 6. The fraction of sp³-hybridized carbons (Fsp3) is 0.524. The predicted octanol–water partition coefficient (Wildman–Crippen LogP) is 0.894. The molecule has 2 saturated heterocycles. The Morgan fingerprint density at radius 1 is 1.29 bits per heavy atom. The van der Waals surface area contributed by atoms with Gasteiger partial charge in [0.25, 0.3) is 0 Å². The van der Waals surface area contributed by atoms with E-state index in [1.165, 1.54) is 0 Å². The van der Waals surface area contributed by atoms with Gasteiger partial charge in [-0.2, -0.15) is 5.26 Å². The zero-order valence-corrected chi connectivity index (χ0v) is 15.9. The van der Waals surface area contributed by atoms with Gasteiger partial charge in [-0.1, -0.05) is 5.92 Å². The van der Waals surface area contributed by atoms with Gasteiger partial charge in [0.15, 0.2) is 0 Å². The number of hydrogen-bond donors (Lipinski definition) is 2. The van der Waals surface area contributed by atoms with Crippen molar-refractivity contribution in [1.82, 2.24) is 15.1 Å². The lowest BCUT2D eigenvalue weighted by molar-refractivity contribution is 0.00930. The molecule has 1 aromatic carbocycles. The van der Waals surface area contributed by atoms with E-state index in [2.05, 4.69) is 22.2 Å². The average Bonchev–Trinajstić information content (AvgIpc) is 2.70. The van der Waals surface area contributed by atoms with Crippen LogP contribution in [0, 0.1) is 35.5 Å². The first-order valence-corrected chi connectivity index (χ1v) is 9.57. The van der Waals surface area contributed by atoms with Crippen LogP contribution in [0.3, 0.4) is 0 Å². The Morgan fingerprint density at radius 2 is 1.96 bits per heavy atom. The number of urea groups is 1. The molecule has 0 aromatic heterocycles. The Hall–Kier alpha value is -2.74. The Bertz CT molecular complexity index is 738. The normalized spacial score (nSPS) is 22.6. The van der Waals surface area contributed by atoms with Gasteiger partial charge in [0.1, 0.15) is 18.5 Å². The van der Waals surface area contributed by atoms with E-state index in [0.717, 1.165) is 32.6 Å². The highest BCUT2D eigenvalue weighted by atomic mass is 16.5. The number of nitriles is 1. The minimum absolute atomic E-state index is 0.0862. The zero-order chi connectivity index (χ0) is 19.9. The van der Waals surface area contributed by atoms with Crippen LogP contribution in [0.5, 0.6) is 5.75 Å². The highest BCUT2D eigenvalue weighted by Crippen LogP contribution is 2.28. The number of hydrogen-bond acceptors (Lipinski definition) is 5. The topological polar surface area (TPSA) is 88.8 Å². The van der Waals surface area contributed by atoms with Crippen LogP contribution in [0.2, 0.25) is 0 Å². The molecule has 2 N–H and O–H groups in total. The number of carbonyl (C=O) groups is 1. The second-order valence-electron chi connectivity index (χ2n) is 7.56. The average molecular weight is 382 g/mol. The van der Waals surface area contributed by atoms with Gasteiger partial charge in [-0.05, 0) is 42.5 Å². The Balaban J connectivity index is 1.43. The van der Waals surface area contributed by atoms with Crippen LogP contribution in [0.1, 0.15) is 12.0 Å². The molecular formula is C21H26N4O3. The van der Waals surface area contributed by atoms with E-state index in [1.807, 2.05) is 4.90 Å². The van der Waals surface area contributed by atoms with Crippen molar-refractivity contribution >= 4 is 6.03 Å². The summed E-state index contributed by atoms with van der Waals surface area (Å²) < 4.78 is 5.63. The van der Waals surface area contributed by atoms with Gasteiger partial charge >= 0.3 is 6.03 Å². The maximum absolute atomic E-state index is 12.1. The van der Waals surface area contributed by atoms with Gasteiger partial charge in [0.2, 0.25) is 0 Å². The molecular weight excluding hydrogens is 356 g/mol. The van der Waals surface area contributed by atoms with Crippen molar-refractivity contribution in [2.45, 2.75) is 12.5 Å². The number of carbonyl (C=O) groups excluding carboxylic acids is 1. The number of β-amino-alcohol motifs (C(OH)–C–C–N with tert-alkyl or cyclic N) is 1. The van der Waals surface area contributed by atoms with Crippen LogP contribution in [-0.2, 0) is 0 Å². The summed E-state index contributed by atoms with van der Waals surface area (Å²) in [5, 5.41) is 21.9. The van der Waals surface area contributed by atoms with Crippen LogP contribution >= 0.6 is 0 Å². The number of piperidine rings is 2. The predicted molar refractivity (Wildman–Crippen MR) is 105 cm³/mol. The van der Waals surface area contributed by atoms with E-state index >= 15 is 0 Å². The number of terminal acetylenes is 1. The number of nitrogens with one attached hydrogen (secondary N) is 1. The molecule has 2 amide bonds. The number of amides is 2. The molecule has 3 atom stereocenters. The molecule has 1 aromatic rings. The van der Waals surface area contributed by atoms with E-state index in [4.69, 9.17) is 16.4 Å². The molecule has 0 aliphatic carbocycles. The summed E-state index contributed by atoms with van der Waals surface area (Å²) in [6.45, 7) is 4.18. The Morgan fingerprint density at radius 3 is 2.57 bits per heavy atom. The summed E-state index contributed by atoms with van der Waals surface area (Å²) in [6.07, 6.45) is 5.73. The Labute approximate surface area is 165 Å². The molecule has 7 heteroatoms. The van der Waals surface area contributed by atoms with Crippen LogP contribution in [-0.4, -0.2) is 72.9 Å². The molecule has 2 aliphatic heterocycles. The minimum Gasteiger partial charge on any atom is -0.491 e. The van der Waals surface area contributed by atoms with E-state index in [-0.39, 0.29) is 19.2 Å². The van der Waals surface area contributed by atoms with Crippen molar-refractivity contribution in [3.63, 3.8) is 0 Å². The molecule has 2 heterocycles. The first-order valence-electron chi connectivity index (χ1n) is 9.57. The minimum atomic E-state index is -0.593. The van der Waals surface area contributed by atoms with Gasteiger partial charge in [-0.15, -0.1) is 6.42 Å². The van der Waals surface area contributed by atoms with Crippen LogP contribution in [0.25, 0.3) is 0 Å². The summed E-state index contributed by atoms with van der Waals surface area (Å²) in [6, 6.07) is 8.83. The van der Waals surface area contributed by atoms with E-state index < -0.39 is 6.10 Å². The summed E-state index contributed by atoms with van der Waals surface area (Å²) in [4.78, 5) is 16.3. The number of ether oxygens (including phenoxy) is 1. The van der Waals surface area contributed by atoms with Crippen LogP contribution < -0.4 is 10.1 Å². The summed E-state index contributed by atoms with van der Waals surface area (Å²) >= 11 is 0. The zero-order valence-electron chi connectivity index (χ0n) is 15.9. The van der Waals surface area contributed by atoms with E-state index in [1.54, 1.807) is 24.3 Å².